The number of pyridine rings is 1. The third-order valence-corrected chi connectivity index (χ3v) is 4.22. The molecule has 0 saturated carbocycles. The summed E-state index contributed by atoms with van der Waals surface area (Å²) >= 11 is 0. The highest BCUT2D eigenvalue weighted by atomic mass is 16.2. The van der Waals surface area contributed by atoms with Crippen molar-refractivity contribution in [2.75, 3.05) is 20.1 Å². The summed E-state index contributed by atoms with van der Waals surface area (Å²) in [5, 5.41) is 0. The zero-order valence-corrected chi connectivity index (χ0v) is 12.8. The van der Waals surface area contributed by atoms with Crippen molar-refractivity contribution in [3.8, 4) is 0 Å². The normalized spacial score (nSPS) is 17.8. The molecule has 1 aliphatic rings. The molecule has 1 aromatic rings. The minimum atomic E-state index is -0.0116. The van der Waals surface area contributed by atoms with E-state index < -0.39 is 0 Å². The van der Waals surface area contributed by atoms with E-state index in [9.17, 15) is 4.79 Å². The van der Waals surface area contributed by atoms with Crippen LogP contribution in [0.5, 0.6) is 0 Å². The van der Waals surface area contributed by atoms with Gasteiger partial charge in [-0.2, -0.15) is 0 Å². The molecule has 0 aromatic carbocycles. The summed E-state index contributed by atoms with van der Waals surface area (Å²) in [4.78, 5) is 20.8. The smallest absolute Gasteiger partial charge is 0.239 e. The molecule has 0 radical (unpaired) electrons. The van der Waals surface area contributed by atoms with Gasteiger partial charge < -0.3 is 4.90 Å². The van der Waals surface area contributed by atoms with Gasteiger partial charge in [-0.3, -0.25) is 14.7 Å². The van der Waals surface area contributed by atoms with Gasteiger partial charge in [-0.1, -0.05) is 6.42 Å². The molecule has 1 saturated heterocycles. The maximum atomic E-state index is 12.5. The van der Waals surface area contributed by atoms with E-state index in [0.29, 0.717) is 6.54 Å². The molecule has 2 rings (SSSR count). The van der Waals surface area contributed by atoms with Gasteiger partial charge in [0.1, 0.15) is 0 Å². The Labute approximate surface area is 121 Å². The van der Waals surface area contributed by atoms with Crippen LogP contribution in [0, 0.1) is 6.92 Å². The summed E-state index contributed by atoms with van der Waals surface area (Å²) in [5.41, 5.74) is 2.31. The Kier molecular flexibility index (Phi) is 5.12. The largest absolute Gasteiger partial charge is 0.340 e. The predicted octanol–water partition coefficient (Wildman–Crippen LogP) is 2.22. The van der Waals surface area contributed by atoms with E-state index in [4.69, 9.17) is 0 Å². The molecule has 1 aromatic heterocycles. The number of amides is 1. The zero-order chi connectivity index (χ0) is 14.5. The van der Waals surface area contributed by atoms with Crippen LogP contribution in [-0.4, -0.2) is 46.9 Å². The van der Waals surface area contributed by atoms with Crippen LogP contribution in [0.15, 0.2) is 18.5 Å². The molecule has 4 nitrogen and oxygen atoms in total. The number of carbonyl (C=O) groups excluding carboxylic acids is 1. The van der Waals surface area contributed by atoms with Crippen LogP contribution in [0.1, 0.15) is 37.3 Å². The first-order valence-corrected chi connectivity index (χ1v) is 7.48. The lowest BCUT2D eigenvalue weighted by molar-refractivity contribution is -0.136. The van der Waals surface area contributed by atoms with Crippen molar-refractivity contribution in [1.82, 2.24) is 14.8 Å². The second-order valence-corrected chi connectivity index (χ2v) is 5.77. The van der Waals surface area contributed by atoms with E-state index in [-0.39, 0.29) is 11.9 Å². The fraction of sp³-hybridized carbons (Fsp3) is 0.625. The van der Waals surface area contributed by atoms with Gasteiger partial charge in [0.2, 0.25) is 5.91 Å². The molecule has 110 valence electrons. The number of hydrogen-bond acceptors (Lipinski definition) is 3. The molecular formula is C16H25N3O. The monoisotopic (exact) mass is 275 g/mol. The van der Waals surface area contributed by atoms with Crippen molar-refractivity contribution in [3.05, 3.63) is 29.6 Å². The second-order valence-electron chi connectivity index (χ2n) is 5.77. The van der Waals surface area contributed by atoms with E-state index in [1.165, 1.54) is 24.8 Å². The molecule has 20 heavy (non-hydrogen) atoms. The number of aromatic nitrogens is 1. The van der Waals surface area contributed by atoms with Crippen LogP contribution in [0.3, 0.4) is 0 Å². The van der Waals surface area contributed by atoms with E-state index >= 15 is 0 Å². The third-order valence-electron chi connectivity index (χ3n) is 4.22. The molecule has 2 heterocycles. The SMILES string of the molecule is Cc1cnccc1CN(C)C(=O)C(C)N1CCCCC1. The number of rotatable bonds is 4. The quantitative estimate of drug-likeness (QED) is 0.845. The van der Waals surface area contributed by atoms with Gasteiger partial charge >= 0.3 is 0 Å². The van der Waals surface area contributed by atoms with E-state index in [1.54, 1.807) is 6.20 Å². The fourth-order valence-electron chi connectivity index (χ4n) is 2.79. The summed E-state index contributed by atoms with van der Waals surface area (Å²) < 4.78 is 0. The van der Waals surface area contributed by atoms with Crippen LogP contribution in [0.4, 0.5) is 0 Å². The summed E-state index contributed by atoms with van der Waals surface area (Å²) in [6.07, 6.45) is 7.36. The Balaban J connectivity index is 1.96. The van der Waals surface area contributed by atoms with Gasteiger partial charge in [0.15, 0.2) is 0 Å². The summed E-state index contributed by atoms with van der Waals surface area (Å²) in [6, 6.07) is 1.98. The van der Waals surface area contributed by atoms with Crippen molar-refractivity contribution in [3.63, 3.8) is 0 Å². The molecule has 0 spiro atoms. The Morgan fingerprint density at radius 2 is 2.10 bits per heavy atom. The molecule has 1 amide bonds. The lowest BCUT2D eigenvalue weighted by Crippen LogP contribution is -2.47. The van der Waals surface area contributed by atoms with Crippen LogP contribution in [0.2, 0.25) is 0 Å². The topological polar surface area (TPSA) is 36.4 Å². The van der Waals surface area contributed by atoms with Crippen molar-refractivity contribution in [1.29, 1.82) is 0 Å². The van der Waals surface area contributed by atoms with Gasteiger partial charge in [-0.25, -0.2) is 0 Å². The van der Waals surface area contributed by atoms with E-state index in [2.05, 4.69) is 9.88 Å². The Morgan fingerprint density at radius 3 is 2.75 bits per heavy atom. The number of hydrogen-bond donors (Lipinski definition) is 0. The molecular weight excluding hydrogens is 250 g/mol. The molecule has 4 heteroatoms. The highest BCUT2D eigenvalue weighted by Gasteiger charge is 2.25. The van der Waals surface area contributed by atoms with Gasteiger partial charge in [-0.05, 0) is 57.0 Å². The minimum Gasteiger partial charge on any atom is -0.340 e. The molecule has 0 N–H and O–H groups in total. The number of likely N-dealkylation sites (N-methyl/N-ethyl adjacent to an activating group) is 1. The number of piperidine rings is 1. The van der Waals surface area contributed by atoms with Crippen LogP contribution in [0.25, 0.3) is 0 Å². The maximum absolute atomic E-state index is 12.5. The molecule has 0 bridgehead atoms. The average molecular weight is 275 g/mol. The molecule has 1 atom stereocenters. The van der Waals surface area contributed by atoms with Gasteiger partial charge in [0, 0.05) is 26.0 Å². The lowest BCUT2D eigenvalue weighted by atomic mass is 10.1. The van der Waals surface area contributed by atoms with Crippen LogP contribution >= 0.6 is 0 Å². The minimum absolute atomic E-state index is 0.0116. The second kappa shape index (κ2) is 6.84. The van der Waals surface area contributed by atoms with Crippen molar-refractivity contribution in [2.45, 2.75) is 45.7 Å². The van der Waals surface area contributed by atoms with E-state index in [1.807, 2.05) is 38.1 Å². The summed E-state index contributed by atoms with van der Waals surface area (Å²) in [6.45, 7) is 6.83. The van der Waals surface area contributed by atoms with Crippen molar-refractivity contribution >= 4 is 5.91 Å². The molecule has 0 aliphatic carbocycles. The first-order chi connectivity index (χ1) is 9.59. The highest BCUT2D eigenvalue weighted by molar-refractivity contribution is 5.81. The maximum Gasteiger partial charge on any atom is 0.239 e. The number of aryl methyl sites for hydroxylation is 1. The number of carbonyl (C=O) groups is 1. The van der Waals surface area contributed by atoms with Crippen molar-refractivity contribution < 1.29 is 4.79 Å². The summed E-state index contributed by atoms with van der Waals surface area (Å²) in [5.74, 6) is 0.211. The van der Waals surface area contributed by atoms with Gasteiger partial charge in [0.25, 0.3) is 0 Å². The van der Waals surface area contributed by atoms with E-state index in [0.717, 1.165) is 18.7 Å². The number of nitrogens with zero attached hydrogens (tertiary/aromatic N) is 3. The Bertz CT molecular complexity index is 455. The first-order valence-electron chi connectivity index (χ1n) is 7.48. The molecule has 1 unspecified atom stereocenters. The van der Waals surface area contributed by atoms with Gasteiger partial charge in [-0.15, -0.1) is 0 Å². The standard InChI is InChI=1S/C16H25N3O/c1-13-11-17-8-7-15(13)12-18(3)16(20)14(2)19-9-5-4-6-10-19/h7-8,11,14H,4-6,9-10,12H2,1-3H3. The van der Waals surface area contributed by atoms with Crippen molar-refractivity contribution in [2.24, 2.45) is 0 Å². The lowest BCUT2D eigenvalue weighted by Gasteiger charge is -2.33. The molecule has 1 aliphatic heterocycles. The molecule has 1 fully saturated rings. The predicted molar refractivity (Wildman–Crippen MR) is 80.3 cm³/mol. The number of likely N-dealkylation sites (tertiary alicyclic amines) is 1. The first kappa shape index (κ1) is 15.0. The average Bonchev–Trinajstić information content (AvgIpc) is 2.49. The van der Waals surface area contributed by atoms with Crippen LogP contribution < -0.4 is 0 Å². The van der Waals surface area contributed by atoms with Crippen LogP contribution in [-0.2, 0) is 11.3 Å². The fourth-order valence-corrected chi connectivity index (χ4v) is 2.79. The third kappa shape index (κ3) is 3.57. The summed E-state index contributed by atoms with van der Waals surface area (Å²) in [7, 11) is 1.89. The highest BCUT2D eigenvalue weighted by Crippen LogP contribution is 2.15. The Hall–Kier alpha value is -1.42. The Morgan fingerprint density at radius 1 is 1.40 bits per heavy atom. The zero-order valence-electron chi connectivity index (χ0n) is 12.8. The van der Waals surface area contributed by atoms with Gasteiger partial charge in [0.05, 0.1) is 6.04 Å².